The Balaban J connectivity index is -0.000000728. The molecule has 10 heteroatoms. The molecule has 0 aliphatic rings. The van der Waals surface area contributed by atoms with Crippen LogP contribution in [0.1, 0.15) is 117 Å². The minimum atomic E-state index is -4.67. The lowest BCUT2D eigenvalue weighted by Crippen LogP contribution is -2.22. The van der Waals surface area contributed by atoms with Gasteiger partial charge in [0.2, 0.25) is 0 Å². The average Bonchev–Trinajstić information content (AvgIpc) is 2.62. The summed E-state index contributed by atoms with van der Waals surface area (Å²) in [6, 6.07) is 0. The molecule has 0 amide bonds. The molecule has 0 aromatic heterocycles. The van der Waals surface area contributed by atoms with Crippen molar-refractivity contribution in [1.29, 1.82) is 0 Å². The second-order valence-electron chi connectivity index (χ2n) is 7.58. The van der Waals surface area contributed by atoms with Crippen LogP contribution in [0.25, 0.3) is 0 Å². The van der Waals surface area contributed by atoms with Gasteiger partial charge in [-0.2, -0.15) is 8.42 Å². The predicted octanol–water partition coefficient (Wildman–Crippen LogP) is 4.96. The molecule has 0 heterocycles. The Kier molecular flexibility index (Phi) is 29.4. The third kappa shape index (κ3) is 65.3. The molecule has 0 aromatic rings. The summed E-state index contributed by atoms with van der Waals surface area (Å²) in [5.41, 5.74) is 10.6. The zero-order chi connectivity index (χ0) is 24.4. The van der Waals surface area contributed by atoms with Crippen LogP contribution in [-0.2, 0) is 15.2 Å². The van der Waals surface area contributed by atoms with Crippen molar-refractivity contribution in [1.82, 2.24) is 0 Å². The Morgan fingerprint density at radius 1 is 0.710 bits per heavy atom. The number of nitrogens with two attached hydrogens (primary N) is 2. The van der Waals surface area contributed by atoms with Crippen molar-refractivity contribution in [2.24, 2.45) is 16.5 Å². The van der Waals surface area contributed by atoms with E-state index in [-0.39, 0.29) is 5.96 Å². The molecule has 0 aromatic carbocycles. The van der Waals surface area contributed by atoms with Gasteiger partial charge >= 0.3 is 10.4 Å². The first-order valence-electron chi connectivity index (χ1n) is 11.5. The topological polar surface area (TPSA) is 176 Å². The summed E-state index contributed by atoms with van der Waals surface area (Å²) in [6.07, 6.45) is 22.3. The molecule has 0 saturated heterocycles. The van der Waals surface area contributed by atoms with E-state index in [2.05, 4.69) is 11.9 Å². The van der Waals surface area contributed by atoms with Crippen molar-refractivity contribution in [3.05, 3.63) is 0 Å². The van der Waals surface area contributed by atoms with Gasteiger partial charge in [0.15, 0.2) is 5.96 Å². The zero-order valence-electron chi connectivity index (χ0n) is 19.6. The van der Waals surface area contributed by atoms with Gasteiger partial charge < -0.3 is 16.6 Å². The summed E-state index contributed by atoms with van der Waals surface area (Å²) in [4.78, 5) is 13.0. The number of aliphatic imine (C=N–C) groups is 1. The molecule has 0 unspecified atom stereocenters. The van der Waals surface area contributed by atoms with E-state index >= 15 is 0 Å². The highest BCUT2D eigenvalue weighted by Crippen LogP contribution is 2.13. The highest BCUT2D eigenvalue weighted by molar-refractivity contribution is 7.79. The molecule has 188 valence electrons. The second kappa shape index (κ2) is 26.6. The number of carbonyl (C=O) groups is 1. The molecule has 0 aliphatic heterocycles. The highest BCUT2D eigenvalue weighted by atomic mass is 32.3. The van der Waals surface area contributed by atoms with Crippen LogP contribution in [0.4, 0.5) is 0 Å². The van der Waals surface area contributed by atoms with Crippen molar-refractivity contribution in [2.45, 2.75) is 117 Å². The average molecular weight is 470 g/mol. The number of hydrogen-bond donors (Lipinski definition) is 5. The van der Waals surface area contributed by atoms with Crippen LogP contribution in [0.2, 0.25) is 0 Å². The number of guanidine groups is 1. The molecular formula is C21H47N3O6S. The summed E-state index contributed by atoms with van der Waals surface area (Å²) in [5.74, 6) is -0.610. The van der Waals surface area contributed by atoms with E-state index in [1.165, 1.54) is 96.3 Å². The van der Waals surface area contributed by atoms with E-state index in [0.29, 0.717) is 0 Å². The molecule has 0 saturated carbocycles. The van der Waals surface area contributed by atoms with E-state index < -0.39 is 16.4 Å². The number of unbranched alkanes of at least 4 members (excludes halogenated alkanes) is 15. The molecule has 0 spiro atoms. The normalized spacial score (nSPS) is 10.3. The predicted molar refractivity (Wildman–Crippen MR) is 128 cm³/mol. The van der Waals surface area contributed by atoms with Crippen LogP contribution < -0.4 is 11.5 Å². The highest BCUT2D eigenvalue weighted by Gasteiger charge is 1.94. The number of carboxylic acids is 1. The monoisotopic (exact) mass is 469 g/mol. The fourth-order valence-corrected chi connectivity index (χ4v) is 2.87. The summed E-state index contributed by atoms with van der Waals surface area (Å²) < 4.78 is 31.6. The van der Waals surface area contributed by atoms with Crippen LogP contribution in [-0.4, -0.2) is 41.1 Å². The van der Waals surface area contributed by atoms with Gasteiger partial charge in [-0.1, -0.05) is 103 Å². The van der Waals surface area contributed by atoms with Gasteiger partial charge in [0.25, 0.3) is 5.97 Å². The van der Waals surface area contributed by atoms with Crippen LogP contribution >= 0.6 is 0 Å². The maximum atomic E-state index is 9.00. The fourth-order valence-electron chi connectivity index (χ4n) is 2.87. The SMILES string of the molecule is CC(=O)O.CCCCCCCCCCCCCCCCCCN=C(N)N.O=S(=O)(O)O. The number of rotatable bonds is 17. The summed E-state index contributed by atoms with van der Waals surface area (Å²) in [5, 5.41) is 7.42. The Morgan fingerprint density at radius 3 is 1.16 bits per heavy atom. The first-order chi connectivity index (χ1) is 14.5. The molecular weight excluding hydrogens is 422 g/mol. The molecule has 0 bridgehead atoms. The quantitative estimate of drug-likeness (QED) is 0.0858. The lowest BCUT2D eigenvalue weighted by atomic mass is 10.0. The van der Waals surface area contributed by atoms with E-state index in [4.69, 9.17) is 38.9 Å². The largest absolute Gasteiger partial charge is 0.481 e. The van der Waals surface area contributed by atoms with Crippen molar-refractivity contribution in [3.63, 3.8) is 0 Å². The lowest BCUT2D eigenvalue weighted by Gasteiger charge is -2.03. The number of nitrogens with zero attached hydrogens (tertiary/aromatic N) is 1. The first-order valence-corrected chi connectivity index (χ1v) is 12.8. The first kappa shape index (κ1) is 34.2. The molecule has 0 rings (SSSR count). The minimum Gasteiger partial charge on any atom is -0.481 e. The van der Waals surface area contributed by atoms with Gasteiger partial charge in [-0.25, -0.2) is 0 Å². The van der Waals surface area contributed by atoms with Crippen LogP contribution in [0.15, 0.2) is 4.99 Å². The van der Waals surface area contributed by atoms with Crippen molar-refractivity contribution in [3.8, 4) is 0 Å². The van der Waals surface area contributed by atoms with E-state index in [9.17, 15) is 0 Å². The van der Waals surface area contributed by atoms with Crippen LogP contribution in [0.5, 0.6) is 0 Å². The second-order valence-corrected chi connectivity index (χ2v) is 8.47. The Morgan fingerprint density at radius 2 is 0.935 bits per heavy atom. The third-order valence-corrected chi connectivity index (χ3v) is 4.31. The Hall–Kier alpha value is -1.39. The zero-order valence-corrected chi connectivity index (χ0v) is 20.4. The van der Waals surface area contributed by atoms with Gasteiger partial charge in [0.05, 0.1) is 0 Å². The van der Waals surface area contributed by atoms with E-state index in [1.54, 1.807) is 0 Å². The molecule has 7 N–H and O–H groups in total. The summed E-state index contributed by atoms with van der Waals surface area (Å²) >= 11 is 0. The lowest BCUT2D eigenvalue weighted by molar-refractivity contribution is -0.134. The standard InChI is InChI=1S/C19H41N3.C2H4O2.H2O4S/c1-2-3-4-5-6-7-8-9-10-11-12-13-14-15-16-17-18-22-19(20)21;1-2(3)4;1-5(2,3)4/h2-18H2,1H3,(H4,20,21,22);1H3,(H,3,4);(H2,1,2,3,4). The minimum absolute atomic E-state index is 0.223. The smallest absolute Gasteiger partial charge is 0.394 e. The van der Waals surface area contributed by atoms with Gasteiger partial charge in [-0.15, -0.1) is 0 Å². The molecule has 31 heavy (non-hydrogen) atoms. The van der Waals surface area contributed by atoms with Gasteiger partial charge in [0, 0.05) is 13.5 Å². The number of hydrogen-bond acceptors (Lipinski definition) is 4. The number of aliphatic carboxylic acids is 1. The molecule has 0 radical (unpaired) electrons. The fraction of sp³-hybridized carbons (Fsp3) is 0.905. The molecule has 9 nitrogen and oxygen atoms in total. The van der Waals surface area contributed by atoms with Crippen LogP contribution in [0.3, 0.4) is 0 Å². The molecule has 0 aliphatic carbocycles. The van der Waals surface area contributed by atoms with Crippen molar-refractivity contribution < 1.29 is 27.4 Å². The summed E-state index contributed by atoms with van der Waals surface area (Å²) in [7, 11) is -4.67. The van der Waals surface area contributed by atoms with Gasteiger partial charge in [-0.05, 0) is 6.42 Å². The van der Waals surface area contributed by atoms with Crippen molar-refractivity contribution in [2.75, 3.05) is 6.54 Å². The summed E-state index contributed by atoms with van der Waals surface area (Å²) in [6.45, 7) is 4.16. The van der Waals surface area contributed by atoms with Gasteiger partial charge in [-0.3, -0.25) is 18.9 Å². The maximum absolute atomic E-state index is 9.00. The number of carboxylic acid groups (broad SMARTS) is 1. The Labute approximate surface area is 189 Å². The Bertz CT molecular complexity index is 497. The molecule has 0 fully saturated rings. The maximum Gasteiger partial charge on any atom is 0.394 e. The van der Waals surface area contributed by atoms with E-state index in [0.717, 1.165) is 19.9 Å². The van der Waals surface area contributed by atoms with Crippen molar-refractivity contribution >= 4 is 22.3 Å². The van der Waals surface area contributed by atoms with Gasteiger partial charge in [0.1, 0.15) is 0 Å². The van der Waals surface area contributed by atoms with E-state index in [1.807, 2.05) is 0 Å². The molecule has 0 atom stereocenters. The third-order valence-electron chi connectivity index (χ3n) is 4.31. The van der Waals surface area contributed by atoms with Crippen LogP contribution in [0, 0.1) is 0 Å².